The van der Waals surface area contributed by atoms with E-state index < -0.39 is 51.1 Å². The van der Waals surface area contributed by atoms with Gasteiger partial charge in [-0.3, -0.25) is 23.4 Å². The van der Waals surface area contributed by atoms with Crippen LogP contribution in [-0.2, 0) is 46.9 Å². The topological polar surface area (TPSA) is 193 Å². The van der Waals surface area contributed by atoms with E-state index in [0.29, 0.717) is 12.8 Å². The number of esters is 2. The average Bonchev–Trinajstić information content (AvgIpc) is 3.24. The number of phosphoric acid groups is 1. The van der Waals surface area contributed by atoms with Gasteiger partial charge in [0.05, 0.1) is 32.8 Å². The fraction of sp³-hybridized carbons (Fsp3) is 0.915. The predicted octanol–water partition coefficient (Wildman–Crippen LogP) is 12.3. The number of alkyl carbamates (subject to hydrolysis) is 1. The summed E-state index contributed by atoms with van der Waals surface area (Å²) in [5.41, 5.74) is 0. The number of amides is 1. The van der Waals surface area contributed by atoms with E-state index in [1.54, 1.807) is 0 Å². The van der Waals surface area contributed by atoms with E-state index >= 15 is 0 Å². The van der Waals surface area contributed by atoms with Crippen molar-refractivity contribution in [1.82, 2.24) is 5.32 Å². The summed E-state index contributed by atoms with van der Waals surface area (Å²) in [6.07, 6.45) is 34.8. The Bertz CT molecular complexity index is 1110. The van der Waals surface area contributed by atoms with Gasteiger partial charge in [-0.15, -0.1) is 0 Å². The molecule has 0 rings (SSSR count). The molecule has 0 bridgehead atoms. The third-order valence-electron chi connectivity index (χ3n) is 10.7. The Labute approximate surface area is 376 Å². The smallest absolute Gasteiger partial charge is 0.472 e. The Hall–Kier alpha value is -2.25. The SMILES string of the molecule is CCCCCCCCCCCCCCCCCC(=O)OC[C@H](COP(=O)(O)OCCNC(=O)OCCOCCC(=O)O)OC(=O)CCCCCCCCCCCCCCCCC. The predicted molar refractivity (Wildman–Crippen MR) is 244 cm³/mol. The third-order valence-corrected chi connectivity index (χ3v) is 11.7. The van der Waals surface area contributed by atoms with Gasteiger partial charge in [0, 0.05) is 19.4 Å². The number of nitrogens with one attached hydrogen (secondary N) is 1. The Morgan fingerprint density at radius 3 is 1.34 bits per heavy atom. The van der Waals surface area contributed by atoms with Crippen molar-refractivity contribution in [2.75, 3.05) is 46.2 Å². The second-order valence-electron chi connectivity index (χ2n) is 16.6. The number of rotatable bonds is 48. The van der Waals surface area contributed by atoms with Crippen molar-refractivity contribution in [3.63, 3.8) is 0 Å². The third kappa shape index (κ3) is 45.8. The minimum atomic E-state index is -4.63. The molecule has 0 fully saturated rings. The molecule has 1 amide bonds. The van der Waals surface area contributed by atoms with Crippen LogP contribution >= 0.6 is 7.82 Å². The molecular formula is C47H90NO13P. The van der Waals surface area contributed by atoms with Crippen LogP contribution in [0.3, 0.4) is 0 Å². The number of aliphatic carboxylic acids is 1. The largest absolute Gasteiger partial charge is 0.481 e. The van der Waals surface area contributed by atoms with Crippen LogP contribution in [0, 0.1) is 0 Å². The second kappa shape index (κ2) is 45.3. The van der Waals surface area contributed by atoms with Crippen LogP contribution in [0.5, 0.6) is 0 Å². The van der Waals surface area contributed by atoms with Crippen molar-refractivity contribution in [3.8, 4) is 0 Å². The lowest BCUT2D eigenvalue weighted by atomic mass is 10.0. The zero-order chi connectivity index (χ0) is 45.6. The maximum Gasteiger partial charge on any atom is 0.472 e. The summed E-state index contributed by atoms with van der Waals surface area (Å²) < 4.78 is 43.4. The standard InChI is InChI=1S/C47H90NO13P/c1-3-5-7-9-11-13-15-17-19-21-23-25-27-29-31-33-45(51)58-41-43(42-60-62(54,55)59-38-36-48-47(53)57-40-39-56-37-35-44(49)50)61-46(52)34-32-30-28-26-24-22-20-18-16-14-12-10-8-6-4-2/h43H,3-42H2,1-2H3,(H,48,53)(H,49,50)(H,54,55)/t43-/m1/s1. The summed E-state index contributed by atoms with van der Waals surface area (Å²) in [7, 11) is -4.63. The van der Waals surface area contributed by atoms with Crippen molar-refractivity contribution in [3.05, 3.63) is 0 Å². The fourth-order valence-electron chi connectivity index (χ4n) is 6.93. The van der Waals surface area contributed by atoms with Gasteiger partial charge in [-0.2, -0.15) is 0 Å². The monoisotopic (exact) mass is 908 g/mol. The molecule has 0 saturated heterocycles. The molecule has 0 aromatic carbocycles. The van der Waals surface area contributed by atoms with E-state index in [9.17, 15) is 28.6 Å². The summed E-state index contributed by atoms with van der Waals surface area (Å²) in [5.74, 6) is -1.94. The molecule has 0 aliphatic rings. The van der Waals surface area contributed by atoms with Gasteiger partial charge in [0.15, 0.2) is 6.10 Å². The zero-order valence-electron chi connectivity index (χ0n) is 39.2. The Kier molecular flexibility index (Phi) is 43.7. The highest BCUT2D eigenvalue weighted by Gasteiger charge is 2.26. The van der Waals surface area contributed by atoms with E-state index in [1.807, 2.05) is 0 Å². The van der Waals surface area contributed by atoms with Gasteiger partial charge in [-0.05, 0) is 12.8 Å². The molecule has 0 radical (unpaired) electrons. The minimum absolute atomic E-state index is 0.0108. The number of hydrogen-bond donors (Lipinski definition) is 3. The first-order chi connectivity index (χ1) is 30.1. The average molecular weight is 908 g/mol. The van der Waals surface area contributed by atoms with Crippen molar-refractivity contribution in [1.29, 1.82) is 0 Å². The van der Waals surface area contributed by atoms with Crippen LogP contribution in [0.2, 0.25) is 0 Å². The number of hydrogen-bond acceptors (Lipinski definition) is 11. The van der Waals surface area contributed by atoms with Gasteiger partial charge in [0.25, 0.3) is 0 Å². The van der Waals surface area contributed by atoms with Crippen LogP contribution in [0.4, 0.5) is 4.79 Å². The molecule has 1 unspecified atom stereocenters. The summed E-state index contributed by atoms with van der Waals surface area (Å²) in [6.45, 7) is 2.94. The first-order valence-corrected chi connectivity index (χ1v) is 26.3. The lowest BCUT2D eigenvalue weighted by Gasteiger charge is -2.20. The molecule has 0 aliphatic heterocycles. The van der Waals surface area contributed by atoms with E-state index in [4.69, 9.17) is 33.1 Å². The number of carbonyl (C=O) groups excluding carboxylic acids is 3. The van der Waals surface area contributed by atoms with Crippen molar-refractivity contribution in [2.45, 2.75) is 232 Å². The molecule has 0 aromatic rings. The fourth-order valence-corrected chi connectivity index (χ4v) is 7.69. The van der Waals surface area contributed by atoms with Gasteiger partial charge < -0.3 is 34.3 Å². The van der Waals surface area contributed by atoms with Gasteiger partial charge in [-0.1, -0.05) is 194 Å². The molecule has 0 aliphatic carbocycles. The van der Waals surface area contributed by atoms with Crippen LogP contribution in [0.15, 0.2) is 0 Å². The Morgan fingerprint density at radius 2 is 0.903 bits per heavy atom. The summed E-state index contributed by atoms with van der Waals surface area (Å²) >= 11 is 0. The molecule has 3 N–H and O–H groups in total. The zero-order valence-corrected chi connectivity index (χ0v) is 40.1. The van der Waals surface area contributed by atoms with E-state index in [2.05, 4.69) is 19.2 Å². The summed E-state index contributed by atoms with van der Waals surface area (Å²) in [4.78, 5) is 57.8. The highest BCUT2D eigenvalue weighted by molar-refractivity contribution is 7.47. The molecule has 0 aromatic heterocycles. The number of unbranched alkanes of at least 4 members (excludes halogenated alkanes) is 28. The van der Waals surface area contributed by atoms with Gasteiger partial charge >= 0.3 is 31.8 Å². The lowest BCUT2D eigenvalue weighted by Crippen LogP contribution is -2.30. The van der Waals surface area contributed by atoms with E-state index in [1.165, 1.54) is 141 Å². The van der Waals surface area contributed by atoms with Crippen molar-refractivity contribution >= 4 is 31.8 Å². The maximum absolute atomic E-state index is 12.7. The summed E-state index contributed by atoms with van der Waals surface area (Å²) in [5, 5.41) is 10.9. The quantitative estimate of drug-likeness (QED) is 0.0226. The molecule has 15 heteroatoms. The molecule has 0 heterocycles. The van der Waals surface area contributed by atoms with E-state index in [0.717, 1.165) is 38.5 Å². The molecule has 2 atom stereocenters. The maximum atomic E-state index is 12.7. The van der Waals surface area contributed by atoms with Gasteiger partial charge in [-0.25, -0.2) is 9.36 Å². The molecule has 0 spiro atoms. The highest BCUT2D eigenvalue weighted by Crippen LogP contribution is 2.43. The number of carboxylic acids is 1. The second-order valence-corrected chi connectivity index (χ2v) is 18.1. The number of phosphoric ester groups is 1. The first kappa shape index (κ1) is 59.8. The van der Waals surface area contributed by atoms with Crippen molar-refractivity contribution < 1.29 is 61.7 Å². The highest BCUT2D eigenvalue weighted by atomic mass is 31.2. The molecule has 62 heavy (non-hydrogen) atoms. The lowest BCUT2D eigenvalue weighted by molar-refractivity contribution is -0.161. The van der Waals surface area contributed by atoms with Crippen LogP contribution < -0.4 is 5.32 Å². The van der Waals surface area contributed by atoms with Crippen LogP contribution in [0.1, 0.15) is 226 Å². The van der Waals surface area contributed by atoms with Crippen molar-refractivity contribution in [2.24, 2.45) is 0 Å². The van der Waals surface area contributed by atoms with Crippen LogP contribution in [-0.4, -0.2) is 86.3 Å². The molecule has 14 nitrogen and oxygen atoms in total. The Morgan fingerprint density at radius 1 is 0.484 bits per heavy atom. The normalized spacial score (nSPS) is 12.8. The Balaban J connectivity index is 4.50. The number of ether oxygens (including phenoxy) is 4. The van der Waals surface area contributed by atoms with E-state index in [-0.39, 0.29) is 52.2 Å². The number of carbonyl (C=O) groups is 4. The summed E-state index contributed by atoms with van der Waals surface area (Å²) in [6, 6.07) is 0. The first-order valence-electron chi connectivity index (χ1n) is 24.8. The van der Waals surface area contributed by atoms with Crippen LogP contribution in [0.25, 0.3) is 0 Å². The van der Waals surface area contributed by atoms with Gasteiger partial charge in [0.1, 0.15) is 13.2 Å². The molecular weight excluding hydrogens is 817 g/mol. The molecule has 0 saturated carbocycles. The van der Waals surface area contributed by atoms with Gasteiger partial charge in [0.2, 0.25) is 0 Å². The minimum Gasteiger partial charge on any atom is -0.481 e. The molecule has 366 valence electrons. The number of carboxylic acid groups (broad SMARTS) is 1.